The first-order valence-corrected chi connectivity index (χ1v) is 18.5. The minimum absolute atomic E-state index is 0.229. The van der Waals surface area contributed by atoms with Crippen LogP contribution in [-0.2, 0) is 4.79 Å². The molecule has 0 unspecified atom stereocenters. The van der Waals surface area contributed by atoms with Crippen LogP contribution in [-0.4, -0.2) is 59.2 Å². The van der Waals surface area contributed by atoms with E-state index in [2.05, 4.69) is 30.6 Å². The van der Waals surface area contributed by atoms with Gasteiger partial charge in [0.05, 0.1) is 23.5 Å². The number of carboxylic acids is 1. The number of fused-ring (bicyclic) bond motifs is 8. The van der Waals surface area contributed by atoms with Crippen LogP contribution in [0.3, 0.4) is 0 Å². The number of rotatable bonds is 7. The molecule has 0 atom stereocenters. The molecule has 14 nitrogen and oxygen atoms in total. The third-order valence-electron chi connectivity index (χ3n) is 9.31. The number of carboxylic acid groups (broad SMARTS) is 1. The summed E-state index contributed by atoms with van der Waals surface area (Å²) in [5.41, 5.74) is 3.58. The molecule has 0 aliphatic carbocycles. The van der Waals surface area contributed by atoms with Crippen molar-refractivity contribution in [2.75, 3.05) is 0 Å². The number of aliphatic carboxylic acids is 1. The van der Waals surface area contributed by atoms with Gasteiger partial charge in [-0.3, -0.25) is 9.59 Å². The van der Waals surface area contributed by atoms with Gasteiger partial charge in [0, 0.05) is 21.5 Å². The minimum atomic E-state index is -2.01. The van der Waals surface area contributed by atoms with Gasteiger partial charge in [-0.05, 0) is 24.3 Å². The van der Waals surface area contributed by atoms with Gasteiger partial charge in [-0.15, -0.1) is 22.7 Å². The second kappa shape index (κ2) is 12.6. The summed E-state index contributed by atoms with van der Waals surface area (Å²) in [6.45, 7) is 0. The van der Waals surface area contributed by atoms with Gasteiger partial charge >= 0.3 is 5.97 Å². The van der Waals surface area contributed by atoms with E-state index in [-0.39, 0.29) is 9.40 Å². The summed E-state index contributed by atoms with van der Waals surface area (Å²) in [5, 5.41) is 41.3. The number of hydrogen-bond acceptors (Lipinski definition) is 13. The number of nitrogens with zero attached hydrogens (tertiary/aromatic N) is 4. The van der Waals surface area contributed by atoms with Crippen molar-refractivity contribution in [1.82, 2.24) is 30.6 Å². The number of thiazole rings is 2. The lowest BCUT2D eigenvalue weighted by atomic mass is 10.1. The molecule has 0 aliphatic rings. The first-order valence-electron chi connectivity index (χ1n) is 16.9. The van der Waals surface area contributed by atoms with Gasteiger partial charge in [0.1, 0.15) is 52.8 Å². The van der Waals surface area contributed by atoms with Crippen LogP contribution in [0.4, 0.5) is 0 Å². The van der Waals surface area contributed by atoms with E-state index in [0.717, 1.165) is 44.2 Å². The van der Waals surface area contributed by atoms with Crippen LogP contribution in [0.2, 0.25) is 0 Å². The molecular weight excluding hydrogens is 757 g/mol. The second-order valence-electron chi connectivity index (χ2n) is 12.7. The molecule has 272 valence electrons. The number of aromatic nitrogens is 4. The van der Waals surface area contributed by atoms with Gasteiger partial charge in [0.25, 0.3) is 11.8 Å². The Bertz CT molecular complexity index is 3080. The fraction of sp³-hybridized carbons (Fsp3) is 0.0250. The van der Waals surface area contributed by atoms with Crippen molar-refractivity contribution in [3.8, 4) is 32.6 Å². The third-order valence-corrected chi connectivity index (χ3v) is 11.5. The zero-order valence-corrected chi connectivity index (χ0v) is 29.9. The molecule has 0 saturated heterocycles. The van der Waals surface area contributed by atoms with E-state index in [4.69, 9.17) is 8.83 Å². The molecular formula is C40H22N6O8S2. The van der Waals surface area contributed by atoms with Crippen LogP contribution in [0.5, 0.6) is 11.5 Å². The third kappa shape index (κ3) is 5.19. The molecule has 5 N–H and O–H groups in total. The summed E-state index contributed by atoms with van der Waals surface area (Å²) in [4.78, 5) is 56.3. The average Bonchev–Trinajstić information content (AvgIpc) is 4.00. The van der Waals surface area contributed by atoms with Crippen LogP contribution in [0.1, 0.15) is 21.0 Å². The second-order valence-corrected chi connectivity index (χ2v) is 14.7. The lowest BCUT2D eigenvalue weighted by Crippen LogP contribution is -2.53. The highest BCUT2D eigenvalue weighted by Gasteiger charge is 2.29. The fourth-order valence-electron chi connectivity index (χ4n) is 6.72. The number of pyridine rings is 2. The summed E-state index contributed by atoms with van der Waals surface area (Å²) in [5.74, 6) is -4.87. The summed E-state index contributed by atoms with van der Waals surface area (Å²) >= 11 is 2.20. The summed E-state index contributed by atoms with van der Waals surface area (Å²) in [6, 6.07) is 26.5. The van der Waals surface area contributed by atoms with Crippen molar-refractivity contribution in [1.29, 1.82) is 0 Å². The standard InChI is InChI=1S/C40H22N6O8S2/c47-29-27(41-15-23-33(29)55-38(43-23)21-11-5-9-19-17-7-1-3-13-25(17)53-31(19)21)36(49)45-35(40(51)52)46-37(50)28-30(48)34-24(16-42-28)44-39(56-34)22-12-6-10-20-18-8-2-4-14-26(18)54-32(20)22/h1-16,35,47-48H,(H,45,49)(H,46,50)(H,51,52). The van der Waals surface area contributed by atoms with E-state index >= 15 is 0 Å². The number of hydrogen-bond donors (Lipinski definition) is 5. The predicted molar refractivity (Wildman–Crippen MR) is 210 cm³/mol. The molecule has 2 amide bonds. The maximum absolute atomic E-state index is 13.4. The molecule has 4 aromatic carbocycles. The molecule has 6 aromatic heterocycles. The van der Waals surface area contributed by atoms with Crippen molar-refractivity contribution in [2.24, 2.45) is 0 Å². The molecule has 0 fully saturated rings. The Morgan fingerprint density at radius 3 is 1.46 bits per heavy atom. The maximum Gasteiger partial charge on any atom is 0.347 e. The highest BCUT2D eigenvalue weighted by Crippen LogP contribution is 2.43. The lowest BCUT2D eigenvalue weighted by Gasteiger charge is -2.16. The van der Waals surface area contributed by atoms with Crippen LogP contribution < -0.4 is 10.6 Å². The van der Waals surface area contributed by atoms with Gasteiger partial charge in [-0.25, -0.2) is 24.7 Å². The molecule has 6 heterocycles. The number of benzene rings is 4. The van der Waals surface area contributed by atoms with Crippen molar-refractivity contribution >= 4 is 105 Å². The van der Waals surface area contributed by atoms with Gasteiger partial charge < -0.3 is 34.8 Å². The Hall–Kier alpha value is -7.43. The van der Waals surface area contributed by atoms with E-state index in [0.29, 0.717) is 54.5 Å². The smallest absolute Gasteiger partial charge is 0.347 e. The number of aromatic hydroxyl groups is 2. The zero-order valence-electron chi connectivity index (χ0n) is 28.3. The fourth-order valence-corrected chi connectivity index (χ4v) is 8.73. The Morgan fingerprint density at radius 2 is 1.02 bits per heavy atom. The Morgan fingerprint density at radius 1 is 0.589 bits per heavy atom. The number of para-hydroxylation sites is 4. The average molecular weight is 779 g/mol. The Labute approximate surface area is 320 Å². The SMILES string of the molecule is O=C(NC(NC(=O)c1ncc2nc(-c3cccc4c3oc3ccccc34)sc2c1O)C(=O)O)c1ncc2nc(-c3cccc4c3oc3ccccc34)sc2c1O. The van der Waals surface area contributed by atoms with E-state index in [1.165, 1.54) is 12.4 Å². The van der Waals surface area contributed by atoms with Crippen LogP contribution in [0.25, 0.3) is 85.5 Å². The van der Waals surface area contributed by atoms with Gasteiger partial charge in [0.2, 0.25) is 6.17 Å². The van der Waals surface area contributed by atoms with Crippen molar-refractivity contribution in [3.63, 3.8) is 0 Å². The molecule has 0 aliphatic heterocycles. The molecule has 10 rings (SSSR count). The summed E-state index contributed by atoms with van der Waals surface area (Å²) in [7, 11) is 0. The molecule has 0 saturated carbocycles. The van der Waals surface area contributed by atoms with Gasteiger partial charge in [-0.2, -0.15) is 0 Å². The van der Waals surface area contributed by atoms with Crippen molar-refractivity contribution < 1.29 is 38.5 Å². The maximum atomic E-state index is 13.4. The van der Waals surface area contributed by atoms with E-state index in [9.17, 15) is 29.7 Å². The largest absolute Gasteiger partial charge is 0.504 e. The Balaban J connectivity index is 0.914. The minimum Gasteiger partial charge on any atom is -0.504 e. The summed E-state index contributed by atoms with van der Waals surface area (Å²) in [6.07, 6.45) is 0.563. The number of carbonyl (C=O) groups excluding carboxylic acids is 2. The highest BCUT2D eigenvalue weighted by atomic mass is 32.1. The number of furan rings is 2. The monoisotopic (exact) mass is 778 g/mol. The molecule has 0 radical (unpaired) electrons. The molecule has 16 heteroatoms. The predicted octanol–water partition coefficient (Wildman–Crippen LogP) is 7.81. The van der Waals surface area contributed by atoms with Gasteiger partial charge in [0.15, 0.2) is 22.9 Å². The lowest BCUT2D eigenvalue weighted by molar-refractivity contribution is -0.139. The summed E-state index contributed by atoms with van der Waals surface area (Å²) < 4.78 is 12.7. The molecule has 56 heavy (non-hydrogen) atoms. The van der Waals surface area contributed by atoms with E-state index < -0.39 is 46.8 Å². The molecule has 0 bridgehead atoms. The van der Waals surface area contributed by atoms with Crippen molar-refractivity contribution in [3.05, 3.63) is 109 Å². The van der Waals surface area contributed by atoms with Crippen LogP contribution in [0.15, 0.2) is 106 Å². The quantitative estimate of drug-likeness (QED) is 0.0980. The number of amides is 2. The first-order chi connectivity index (χ1) is 27.2. The number of carbonyl (C=O) groups is 3. The Kier molecular flexibility index (Phi) is 7.45. The number of nitrogens with one attached hydrogen (secondary N) is 2. The molecule has 10 aromatic rings. The van der Waals surface area contributed by atoms with Crippen LogP contribution in [0, 0.1) is 0 Å². The van der Waals surface area contributed by atoms with Crippen molar-refractivity contribution in [2.45, 2.75) is 6.17 Å². The zero-order chi connectivity index (χ0) is 38.2. The van der Waals surface area contributed by atoms with E-state index in [1.54, 1.807) is 0 Å². The molecule has 0 spiro atoms. The highest BCUT2D eigenvalue weighted by molar-refractivity contribution is 7.22. The van der Waals surface area contributed by atoms with E-state index in [1.807, 2.05) is 84.9 Å². The van der Waals surface area contributed by atoms with Crippen LogP contribution >= 0.6 is 22.7 Å². The van der Waals surface area contributed by atoms with Gasteiger partial charge in [-0.1, -0.05) is 60.7 Å². The normalized spacial score (nSPS) is 11.8. The topological polar surface area (TPSA) is 214 Å². The first kappa shape index (κ1) is 33.2.